The molecule has 0 bridgehead atoms. The normalized spacial score (nSPS) is 12.3. The Morgan fingerprint density at radius 3 is 1.60 bits per heavy atom. The van der Waals surface area contributed by atoms with Gasteiger partial charge in [0.1, 0.15) is 37.2 Å². The quantitative estimate of drug-likeness (QED) is 0.0253. The van der Waals surface area contributed by atoms with Crippen LogP contribution in [-0.2, 0) is 14.2 Å². The number of phenols is 1. The van der Waals surface area contributed by atoms with Gasteiger partial charge in [-0.2, -0.15) is 4.99 Å². The van der Waals surface area contributed by atoms with Crippen molar-refractivity contribution >= 4 is 24.0 Å². The fourth-order valence-corrected chi connectivity index (χ4v) is 7.40. The fourth-order valence-electron chi connectivity index (χ4n) is 7.40. The van der Waals surface area contributed by atoms with Crippen LogP contribution in [0.25, 0.3) is 32.7 Å². The molecule has 8 rings (SSSR count). The minimum absolute atomic E-state index is 0.0374. The number of aromatic hydroxyl groups is 1. The molecular weight excluding hydrogens is 791 g/mol. The number of carboxylic acids is 1. The van der Waals surface area contributed by atoms with Crippen molar-refractivity contribution in [2.45, 2.75) is 11.8 Å². The van der Waals surface area contributed by atoms with Gasteiger partial charge in [-0.3, -0.25) is 5.32 Å². The smallest absolute Gasteiger partial charge is 0.435 e. The number of hydrogen-bond donors (Lipinski definition) is 3. The summed E-state index contributed by atoms with van der Waals surface area (Å²) < 4.78 is 21.8. The maximum Gasteiger partial charge on any atom is 0.435 e. The van der Waals surface area contributed by atoms with Crippen molar-refractivity contribution in [3.63, 3.8) is 0 Å². The Balaban J connectivity index is 0.000000271. The molecule has 0 heterocycles. The van der Waals surface area contributed by atoms with Crippen molar-refractivity contribution in [3.05, 3.63) is 189 Å². The zero-order chi connectivity index (χ0) is 43.3. The molecule has 0 atom stereocenters. The summed E-state index contributed by atoms with van der Waals surface area (Å²) in [6.45, 7) is 1.57. The van der Waals surface area contributed by atoms with Crippen LogP contribution in [0.4, 0.5) is 9.59 Å². The van der Waals surface area contributed by atoms with E-state index in [9.17, 15) is 19.5 Å². The fraction of sp³-hybridized carbons (Fsp3) is 0.167. The third kappa shape index (κ3) is 10.3. The minimum atomic E-state index is -0.970. The highest BCUT2D eigenvalue weighted by molar-refractivity contribution is 6.10. The van der Waals surface area contributed by atoms with Gasteiger partial charge >= 0.3 is 18.2 Å². The number of phenolic OH excluding ortho intramolecular Hbond substituents is 1. The molecule has 0 fully saturated rings. The Kier molecular flexibility index (Phi) is 13.9. The molecule has 14 heteroatoms. The lowest BCUT2D eigenvalue weighted by atomic mass is 9.98. The summed E-state index contributed by atoms with van der Waals surface area (Å²) >= 11 is 0. The molecule has 2 aliphatic carbocycles. The summed E-state index contributed by atoms with van der Waals surface area (Å²) in [5, 5.41) is 24.4. The van der Waals surface area contributed by atoms with E-state index < -0.39 is 18.2 Å². The highest BCUT2D eigenvalue weighted by Crippen LogP contribution is 2.45. The molecule has 0 spiro atoms. The number of aromatic carboxylic acids is 1. The van der Waals surface area contributed by atoms with Gasteiger partial charge in [0.15, 0.2) is 0 Å². The zero-order valence-corrected chi connectivity index (χ0v) is 33.3. The van der Waals surface area contributed by atoms with Crippen LogP contribution in [0.15, 0.2) is 156 Å². The summed E-state index contributed by atoms with van der Waals surface area (Å²) in [7, 11) is 0. The summed E-state index contributed by atoms with van der Waals surface area (Å²) in [6, 6.07) is 44.4. The number of carbonyl (C=O) groups is 3. The van der Waals surface area contributed by atoms with Crippen LogP contribution in [0, 0.1) is 0 Å². The monoisotopic (exact) mass is 831 g/mol. The average molecular weight is 832 g/mol. The van der Waals surface area contributed by atoms with E-state index in [0.717, 1.165) is 44.5 Å². The lowest BCUT2D eigenvalue weighted by molar-refractivity contribution is 0.0696. The topological polar surface area (TPSA) is 202 Å². The van der Waals surface area contributed by atoms with Crippen LogP contribution < -0.4 is 10.1 Å². The number of nitrogens with one attached hydrogen (secondary N) is 1. The number of alkyl carbamates (subject to hydrolysis) is 1. The Hall–Kier alpha value is -7.93. The lowest BCUT2D eigenvalue weighted by Gasteiger charge is -2.16. The molecule has 0 saturated carbocycles. The van der Waals surface area contributed by atoms with E-state index >= 15 is 0 Å². The second-order valence-electron chi connectivity index (χ2n) is 14.0. The van der Waals surface area contributed by atoms with Crippen LogP contribution in [-0.4, -0.2) is 73.8 Å². The largest absolute Gasteiger partial charge is 0.508 e. The first kappa shape index (κ1) is 42.2. The van der Waals surface area contributed by atoms with Crippen LogP contribution in [0.1, 0.15) is 50.0 Å². The number of fused-ring (bicyclic) bond motifs is 6. The molecule has 14 nitrogen and oxygen atoms in total. The number of nitrogens with zero attached hydrogens (tertiary/aromatic N) is 4. The summed E-state index contributed by atoms with van der Waals surface area (Å²) in [6.07, 6.45) is -1.61. The molecule has 62 heavy (non-hydrogen) atoms. The molecule has 2 aliphatic rings. The number of amides is 2. The first-order valence-electron chi connectivity index (χ1n) is 19.7. The van der Waals surface area contributed by atoms with Gasteiger partial charge in [-0.15, -0.1) is 0 Å². The molecular formula is C48H41N5O9. The number of amidine groups is 1. The average Bonchev–Trinajstić information content (AvgIpc) is 3.80. The Labute approximate surface area is 356 Å². The van der Waals surface area contributed by atoms with Crippen molar-refractivity contribution in [1.82, 2.24) is 5.32 Å². The molecule has 312 valence electrons. The summed E-state index contributed by atoms with van der Waals surface area (Å²) in [5.41, 5.74) is 17.5. The van der Waals surface area contributed by atoms with Gasteiger partial charge in [-0.1, -0.05) is 102 Å². The standard InChI is InChI=1S/C37H28N2O5.C11H13N3O4/c40-24-19-17-23(18-20-24)35(38-36(41)43-21-33-29-13-5-1-9-25(29)26-10-2-6-14-30(26)33)39-37(42)44-22-34-31-15-7-3-11-27(31)28-12-4-8-16-32(28)34;12-14-13-5-6-17-7-8-18-10-3-1-9(2-4-10)11(15)16/h1-20,33-34,40H,21-22H2,(H,38,39,41,42);1-4H,5-8H2,(H,15,16). The van der Waals surface area contributed by atoms with E-state index in [1.165, 1.54) is 24.3 Å². The number of rotatable bonds is 13. The SMILES string of the molecule is O=C(N=C(NC(=O)OCC1c2ccccc2-c2ccccc21)c1ccc(O)cc1)OCC1c2ccccc2-c2ccccc21.[N-]=[N+]=NCCOCCOc1ccc(C(=O)O)cc1. The van der Waals surface area contributed by atoms with Crippen molar-refractivity contribution in [1.29, 1.82) is 0 Å². The number of carboxylic acid groups (broad SMARTS) is 1. The predicted octanol–water partition coefficient (Wildman–Crippen LogP) is 9.72. The maximum atomic E-state index is 13.1. The van der Waals surface area contributed by atoms with Gasteiger partial charge in [0.05, 0.1) is 18.8 Å². The van der Waals surface area contributed by atoms with Crippen LogP contribution in [0.3, 0.4) is 0 Å². The summed E-state index contributed by atoms with van der Waals surface area (Å²) in [4.78, 5) is 43.4. The molecule has 0 aromatic heterocycles. The molecule has 3 N–H and O–H groups in total. The van der Waals surface area contributed by atoms with Crippen molar-refractivity contribution < 1.29 is 43.5 Å². The number of ether oxygens (including phenoxy) is 4. The third-order valence-corrected chi connectivity index (χ3v) is 10.2. The Bertz CT molecular complexity index is 2530. The van der Waals surface area contributed by atoms with Gasteiger partial charge < -0.3 is 29.2 Å². The molecule has 6 aromatic rings. The molecule has 2 amide bonds. The van der Waals surface area contributed by atoms with E-state index in [4.69, 9.17) is 29.6 Å². The van der Waals surface area contributed by atoms with Crippen LogP contribution in [0.5, 0.6) is 11.5 Å². The summed E-state index contributed by atoms with van der Waals surface area (Å²) in [5.74, 6) is -0.644. The number of benzene rings is 6. The minimum Gasteiger partial charge on any atom is -0.508 e. The maximum absolute atomic E-state index is 13.1. The highest BCUT2D eigenvalue weighted by Gasteiger charge is 2.30. The first-order chi connectivity index (χ1) is 30.3. The number of carbonyl (C=O) groups excluding carboxylic acids is 2. The molecule has 6 aromatic carbocycles. The first-order valence-corrected chi connectivity index (χ1v) is 19.7. The van der Waals surface area contributed by atoms with Gasteiger partial charge in [-0.05, 0) is 98.6 Å². The van der Waals surface area contributed by atoms with E-state index in [2.05, 4.69) is 44.6 Å². The molecule has 0 radical (unpaired) electrons. The second-order valence-corrected chi connectivity index (χ2v) is 14.0. The zero-order valence-electron chi connectivity index (χ0n) is 33.3. The molecule has 0 unspecified atom stereocenters. The third-order valence-electron chi connectivity index (χ3n) is 10.2. The van der Waals surface area contributed by atoms with Gasteiger partial charge in [-0.25, -0.2) is 14.4 Å². The number of aliphatic imine (C=N–C) groups is 1. The van der Waals surface area contributed by atoms with Gasteiger partial charge in [0.2, 0.25) is 0 Å². The number of azide groups is 1. The molecule has 0 saturated heterocycles. The van der Waals surface area contributed by atoms with Crippen molar-refractivity contribution in [3.8, 4) is 33.8 Å². The lowest BCUT2D eigenvalue weighted by Crippen LogP contribution is -2.33. The molecule has 0 aliphatic heterocycles. The van der Waals surface area contributed by atoms with Crippen LogP contribution >= 0.6 is 0 Å². The second kappa shape index (κ2) is 20.4. The Morgan fingerprint density at radius 2 is 1.10 bits per heavy atom. The Morgan fingerprint density at radius 1 is 0.613 bits per heavy atom. The van der Waals surface area contributed by atoms with Crippen molar-refractivity contribution in [2.75, 3.05) is 39.6 Å². The highest BCUT2D eigenvalue weighted by atomic mass is 16.6. The van der Waals surface area contributed by atoms with Crippen LogP contribution in [0.2, 0.25) is 0 Å². The van der Waals surface area contributed by atoms with E-state index in [1.807, 2.05) is 72.8 Å². The van der Waals surface area contributed by atoms with Crippen molar-refractivity contribution in [2.24, 2.45) is 10.1 Å². The predicted molar refractivity (Wildman–Crippen MR) is 232 cm³/mol. The van der Waals surface area contributed by atoms with E-state index in [0.29, 0.717) is 37.7 Å². The van der Waals surface area contributed by atoms with E-state index in [-0.39, 0.29) is 42.2 Å². The number of hydrogen-bond acceptors (Lipinski definition) is 9. The van der Waals surface area contributed by atoms with Gasteiger partial charge in [0.25, 0.3) is 0 Å². The van der Waals surface area contributed by atoms with Gasteiger partial charge in [0, 0.05) is 28.9 Å². The van der Waals surface area contributed by atoms with E-state index in [1.54, 1.807) is 24.3 Å².